The molecule has 0 aromatic heterocycles. The predicted molar refractivity (Wildman–Crippen MR) is 90.8 cm³/mol. The standard InChI is InChI=1S/C20H28O5/c1-11-9-19-10-20(11,25)8-5-12(19)17(2)6-4-7-18(3,16(23)24)14(17)13(19)15(21)22/h12-14,25H,1,4-10H2,2-3H3,(H,21,22)(H,23,24). The molecule has 0 saturated heterocycles. The molecule has 2 bridgehead atoms. The molecule has 0 heterocycles. The maximum atomic E-state index is 12.5. The summed E-state index contributed by atoms with van der Waals surface area (Å²) in [5.41, 5.74) is -2.09. The van der Waals surface area contributed by atoms with Crippen LogP contribution in [0.5, 0.6) is 0 Å². The van der Waals surface area contributed by atoms with E-state index in [-0.39, 0.29) is 11.3 Å². The minimum atomic E-state index is -1.02. The van der Waals surface area contributed by atoms with Gasteiger partial charge in [-0.15, -0.1) is 0 Å². The third-order valence-electron chi connectivity index (χ3n) is 8.67. The van der Waals surface area contributed by atoms with Gasteiger partial charge in [0.1, 0.15) is 0 Å². The van der Waals surface area contributed by atoms with E-state index in [0.29, 0.717) is 25.7 Å². The van der Waals surface area contributed by atoms with Crippen molar-refractivity contribution in [1.82, 2.24) is 0 Å². The summed E-state index contributed by atoms with van der Waals surface area (Å²) in [4.78, 5) is 24.7. The van der Waals surface area contributed by atoms with Gasteiger partial charge < -0.3 is 15.3 Å². The quantitative estimate of drug-likeness (QED) is 0.667. The van der Waals surface area contributed by atoms with E-state index >= 15 is 0 Å². The van der Waals surface area contributed by atoms with E-state index in [1.54, 1.807) is 6.92 Å². The van der Waals surface area contributed by atoms with Gasteiger partial charge in [0.15, 0.2) is 0 Å². The van der Waals surface area contributed by atoms with E-state index in [1.807, 2.05) is 0 Å². The average Bonchev–Trinajstić information content (AvgIpc) is 2.83. The van der Waals surface area contributed by atoms with Gasteiger partial charge in [0, 0.05) is 0 Å². The van der Waals surface area contributed by atoms with E-state index in [4.69, 9.17) is 0 Å². The van der Waals surface area contributed by atoms with Gasteiger partial charge in [0.2, 0.25) is 0 Å². The molecule has 7 unspecified atom stereocenters. The van der Waals surface area contributed by atoms with E-state index < -0.39 is 40.2 Å². The number of carboxylic acids is 2. The molecule has 4 fully saturated rings. The summed E-state index contributed by atoms with van der Waals surface area (Å²) in [7, 11) is 0. The first-order valence-electron chi connectivity index (χ1n) is 9.38. The van der Waals surface area contributed by atoms with Crippen molar-refractivity contribution in [3.05, 3.63) is 12.2 Å². The molecule has 25 heavy (non-hydrogen) atoms. The van der Waals surface area contributed by atoms with Gasteiger partial charge in [-0.1, -0.05) is 19.9 Å². The predicted octanol–water partition coefficient (Wildman–Crippen LogP) is 3.08. The normalized spacial score (nSPS) is 54.0. The first-order chi connectivity index (χ1) is 11.5. The average molecular weight is 348 g/mol. The molecule has 4 aliphatic rings. The second kappa shape index (κ2) is 4.67. The topological polar surface area (TPSA) is 94.8 Å². The van der Waals surface area contributed by atoms with Gasteiger partial charge in [-0.3, -0.25) is 9.59 Å². The molecule has 0 radical (unpaired) electrons. The van der Waals surface area contributed by atoms with E-state index in [9.17, 15) is 24.9 Å². The van der Waals surface area contributed by atoms with Gasteiger partial charge >= 0.3 is 11.9 Å². The molecule has 0 aromatic rings. The Labute approximate surface area is 148 Å². The van der Waals surface area contributed by atoms with Crippen molar-refractivity contribution in [2.45, 2.75) is 64.4 Å². The zero-order valence-electron chi connectivity index (χ0n) is 15.0. The second-order valence-corrected chi connectivity index (χ2v) is 9.69. The fourth-order valence-corrected chi connectivity index (χ4v) is 7.87. The number of aliphatic carboxylic acids is 2. The van der Waals surface area contributed by atoms with Crippen molar-refractivity contribution in [3.63, 3.8) is 0 Å². The van der Waals surface area contributed by atoms with Crippen LogP contribution in [0.4, 0.5) is 0 Å². The largest absolute Gasteiger partial charge is 0.481 e. The Bertz CT molecular complexity index is 686. The number of hydrogen-bond acceptors (Lipinski definition) is 3. The minimum Gasteiger partial charge on any atom is -0.481 e. The van der Waals surface area contributed by atoms with Crippen molar-refractivity contribution >= 4 is 11.9 Å². The van der Waals surface area contributed by atoms with Crippen LogP contribution >= 0.6 is 0 Å². The molecule has 5 nitrogen and oxygen atoms in total. The van der Waals surface area contributed by atoms with Crippen LogP contribution in [0.1, 0.15) is 58.8 Å². The molecule has 5 heteroatoms. The summed E-state index contributed by atoms with van der Waals surface area (Å²) in [6.45, 7) is 7.94. The smallest absolute Gasteiger partial charge is 0.309 e. The van der Waals surface area contributed by atoms with Crippen molar-refractivity contribution in [1.29, 1.82) is 0 Å². The minimum absolute atomic E-state index is 0.143. The molecular weight excluding hydrogens is 320 g/mol. The summed E-state index contributed by atoms with van der Waals surface area (Å²) >= 11 is 0. The highest BCUT2D eigenvalue weighted by Gasteiger charge is 2.76. The van der Waals surface area contributed by atoms with Crippen LogP contribution in [0.25, 0.3) is 0 Å². The van der Waals surface area contributed by atoms with Gasteiger partial charge in [0.05, 0.1) is 16.9 Å². The summed E-state index contributed by atoms with van der Waals surface area (Å²) < 4.78 is 0. The van der Waals surface area contributed by atoms with Crippen molar-refractivity contribution < 1.29 is 24.9 Å². The second-order valence-electron chi connectivity index (χ2n) is 9.69. The Hall–Kier alpha value is -1.36. The number of rotatable bonds is 2. The highest BCUT2D eigenvalue weighted by molar-refractivity contribution is 5.79. The highest BCUT2D eigenvalue weighted by atomic mass is 16.4. The number of aliphatic hydroxyl groups is 1. The molecular formula is C20H28O5. The lowest BCUT2D eigenvalue weighted by molar-refractivity contribution is -0.166. The third kappa shape index (κ3) is 1.78. The lowest BCUT2D eigenvalue weighted by Gasteiger charge is -2.50. The maximum Gasteiger partial charge on any atom is 0.309 e. The van der Waals surface area contributed by atoms with Crippen LogP contribution in [0.15, 0.2) is 12.2 Å². The molecule has 4 aliphatic carbocycles. The van der Waals surface area contributed by atoms with Crippen LogP contribution in [-0.2, 0) is 9.59 Å². The Morgan fingerprint density at radius 2 is 1.84 bits per heavy atom. The number of hydrogen-bond donors (Lipinski definition) is 3. The SMILES string of the molecule is C=C1CC23CC1(O)CCC2C1(C)CCCC(C)(C(=O)O)C1C3C(=O)O. The van der Waals surface area contributed by atoms with Crippen LogP contribution < -0.4 is 0 Å². The molecule has 7 atom stereocenters. The Morgan fingerprint density at radius 1 is 1.16 bits per heavy atom. The summed E-state index contributed by atoms with van der Waals surface area (Å²) in [5, 5.41) is 31.2. The Balaban J connectivity index is 1.94. The molecule has 0 amide bonds. The van der Waals surface area contributed by atoms with Crippen LogP contribution in [0, 0.1) is 34.0 Å². The molecule has 3 N–H and O–H groups in total. The van der Waals surface area contributed by atoms with E-state index in [1.165, 1.54) is 0 Å². The fourth-order valence-electron chi connectivity index (χ4n) is 7.87. The monoisotopic (exact) mass is 348 g/mol. The van der Waals surface area contributed by atoms with Crippen LogP contribution in [-0.4, -0.2) is 32.9 Å². The molecule has 138 valence electrons. The van der Waals surface area contributed by atoms with Gasteiger partial charge in [-0.2, -0.15) is 0 Å². The number of carboxylic acid groups (broad SMARTS) is 2. The maximum absolute atomic E-state index is 12.5. The van der Waals surface area contributed by atoms with Crippen LogP contribution in [0.2, 0.25) is 0 Å². The first kappa shape index (κ1) is 17.1. The third-order valence-corrected chi connectivity index (χ3v) is 8.67. The van der Waals surface area contributed by atoms with Crippen LogP contribution in [0.3, 0.4) is 0 Å². The molecule has 4 saturated carbocycles. The lowest BCUT2D eigenvalue weighted by Crippen LogP contribution is -2.50. The van der Waals surface area contributed by atoms with Gasteiger partial charge in [-0.25, -0.2) is 0 Å². The van der Waals surface area contributed by atoms with E-state index in [0.717, 1.165) is 24.8 Å². The van der Waals surface area contributed by atoms with E-state index in [2.05, 4.69) is 13.5 Å². The summed E-state index contributed by atoms with van der Waals surface area (Å²) in [6.07, 6.45) is 4.57. The number of carbonyl (C=O) groups is 2. The highest BCUT2D eigenvalue weighted by Crippen LogP contribution is 2.78. The van der Waals surface area contributed by atoms with Crippen molar-refractivity contribution in [2.24, 2.45) is 34.0 Å². The van der Waals surface area contributed by atoms with Crippen molar-refractivity contribution in [3.8, 4) is 0 Å². The summed E-state index contributed by atoms with van der Waals surface area (Å²) in [5.74, 6) is -2.76. The van der Waals surface area contributed by atoms with Crippen molar-refractivity contribution in [2.75, 3.05) is 0 Å². The van der Waals surface area contributed by atoms with Gasteiger partial charge in [-0.05, 0) is 73.7 Å². The Morgan fingerprint density at radius 3 is 2.44 bits per heavy atom. The molecule has 4 rings (SSSR count). The first-order valence-corrected chi connectivity index (χ1v) is 9.38. The fraction of sp³-hybridized carbons (Fsp3) is 0.800. The lowest BCUT2D eigenvalue weighted by atomic mass is 9.53. The Kier molecular flexibility index (Phi) is 3.19. The summed E-state index contributed by atoms with van der Waals surface area (Å²) in [6, 6.07) is 0. The molecule has 0 aliphatic heterocycles. The zero-order valence-corrected chi connectivity index (χ0v) is 15.0. The molecule has 0 aromatic carbocycles. The number of fused-ring (bicyclic) bond motifs is 3. The zero-order chi connectivity index (χ0) is 18.4. The van der Waals surface area contributed by atoms with Gasteiger partial charge in [0.25, 0.3) is 0 Å². The molecule has 1 spiro atoms.